The molecule has 7 heteroatoms. The van der Waals surface area contributed by atoms with Crippen molar-refractivity contribution in [1.29, 1.82) is 0 Å². The van der Waals surface area contributed by atoms with Crippen molar-refractivity contribution in [2.45, 2.75) is 78.5 Å². The number of ether oxygens (including phenoxy) is 1. The van der Waals surface area contributed by atoms with E-state index in [2.05, 4.69) is 42.7 Å². The fraction of sp³-hybridized carbons (Fsp3) is 0.576. The van der Waals surface area contributed by atoms with Gasteiger partial charge in [0.2, 0.25) is 5.91 Å². The third-order valence-electron chi connectivity index (χ3n) is 8.13. The molecule has 2 aromatic carbocycles. The van der Waals surface area contributed by atoms with Gasteiger partial charge in [0.1, 0.15) is 11.4 Å². The summed E-state index contributed by atoms with van der Waals surface area (Å²) in [6.45, 7) is 15.6. The van der Waals surface area contributed by atoms with Gasteiger partial charge in [-0.15, -0.1) is 0 Å². The first kappa shape index (κ1) is 30.0. The first-order valence-electron chi connectivity index (χ1n) is 14.6. The minimum Gasteiger partial charge on any atom is -0.444 e. The van der Waals surface area contributed by atoms with Crippen LogP contribution in [0.3, 0.4) is 0 Å². The third-order valence-corrected chi connectivity index (χ3v) is 8.13. The number of hydrogen-bond acceptors (Lipinski definition) is 4. The summed E-state index contributed by atoms with van der Waals surface area (Å²) < 4.78 is 19.3. The van der Waals surface area contributed by atoms with E-state index in [0.717, 1.165) is 31.5 Å². The topological polar surface area (TPSA) is 53.1 Å². The Kier molecular flexibility index (Phi) is 9.23. The van der Waals surface area contributed by atoms with E-state index in [1.165, 1.54) is 17.7 Å². The predicted molar refractivity (Wildman–Crippen MR) is 156 cm³/mol. The second-order valence-electron chi connectivity index (χ2n) is 13.4. The van der Waals surface area contributed by atoms with E-state index in [9.17, 15) is 14.0 Å². The van der Waals surface area contributed by atoms with Gasteiger partial charge < -0.3 is 14.5 Å². The number of rotatable bonds is 5. The summed E-state index contributed by atoms with van der Waals surface area (Å²) in [7, 11) is 0. The Morgan fingerprint density at radius 2 is 1.48 bits per heavy atom. The highest BCUT2D eigenvalue weighted by atomic mass is 19.1. The highest BCUT2D eigenvalue weighted by Crippen LogP contribution is 2.36. The number of piperidine rings is 1. The number of halogens is 1. The van der Waals surface area contributed by atoms with Gasteiger partial charge in [0.05, 0.1) is 6.04 Å². The van der Waals surface area contributed by atoms with Crippen molar-refractivity contribution in [3.8, 4) is 0 Å². The van der Waals surface area contributed by atoms with E-state index < -0.39 is 5.60 Å². The molecular formula is C33H46FN3O3. The van der Waals surface area contributed by atoms with Crippen molar-refractivity contribution in [1.82, 2.24) is 14.7 Å². The van der Waals surface area contributed by atoms with Crippen LogP contribution >= 0.6 is 0 Å². The molecule has 4 rings (SSSR count). The summed E-state index contributed by atoms with van der Waals surface area (Å²) >= 11 is 0. The van der Waals surface area contributed by atoms with Crippen molar-refractivity contribution in [2.75, 3.05) is 32.7 Å². The standard InChI is InChI=1S/C33H46FN3O3/c1-32(2,3)28-23-36(30(25-10-8-7-9-11-25)26-12-14-27(34)15-13-26)20-21-37(28)29(38)22-24-16-18-35(19-17-24)31(39)40-33(4,5)6/h7-15,24,28,30H,16-23H2,1-6H3. The summed E-state index contributed by atoms with van der Waals surface area (Å²) in [5, 5.41) is 0. The van der Waals surface area contributed by atoms with Crippen LogP contribution < -0.4 is 0 Å². The van der Waals surface area contributed by atoms with Crippen LogP contribution in [0.2, 0.25) is 0 Å². The first-order chi connectivity index (χ1) is 18.8. The molecule has 0 saturated carbocycles. The number of hydrogen-bond donors (Lipinski definition) is 0. The summed E-state index contributed by atoms with van der Waals surface area (Å²) in [5.74, 6) is 0.227. The molecule has 2 unspecified atom stereocenters. The molecule has 2 amide bonds. The van der Waals surface area contributed by atoms with Crippen LogP contribution in [0.15, 0.2) is 54.6 Å². The van der Waals surface area contributed by atoms with Gasteiger partial charge >= 0.3 is 6.09 Å². The van der Waals surface area contributed by atoms with Crippen LogP contribution in [-0.4, -0.2) is 71.1 Å². The number of likely N-dealkylation sites (tertiary alicyclic amines) is 1. The lowest BCUT2D eigenvalue weighted by Gasteiger charge is -2.50. The van der Waals surface area contributed by atoms with Gasteiger partial charge in [-0.1, -0.05) is 63.2 Å². The molecule has 2 heterocycles. The quantitative estimate of drug-likeness (QED) is 0.425. The number of carbonyl (C=O) groups is 2. The Balaban J connectivity index is 1.44. The van der Waals surface area contributed by atoms with E-state index in [-0.39, 0.29) is 41.2 Å². The molecule has 0 bridgehead atoms. The normalized spacial score (nSPS) is 20.3. The molecule has 6 nitrogen and oxygen atoms in total. The van der Waals surface area contributed by atoms with E-state index in [4.69, 9.17) is 4.74 Å². The molecule has 0 radical (unpaired) electrons. The van der Waals surface area contributed by atoms with Gasteiger partial charge in [-0.05, 0) is 68.2 Å². The Bertz CT molecular complexity index is 1130. The van der Waals surface area contributed by atoms with Crippen LogP contribution in [0.25, 0.3) is 0 Å². The van der Waals surface area contributed by atoms with Gasteiger partial charge in [0.25, 0.3) is 0 Å². The third kappa shape index (κ3) is 7.62. The Morgan fingerprint density at radius 3 is 2.05 bits per heavy atom. The molecule has 2 aliphatic rings. The minimum absolute atomic E-state index is 0.0129. The highest BCUT2D eigenvalue weighted by Gasteiger charge is 2.41. The van der Waals surface area contributed by atoms with Crippen LogP contribution in [0.1, 0.15) is 78.0 Å². The lowest BCUT2D eigenvalue weighted by atomic mass is 9.82. The van der Waals surface area contributed by atoms with E-state index in [1.807, 2.05) is 51.1 Å². The van der Waals surface area contributed by atoms with E-state index in [1.54, 1.807) is 4.90 Å². The van der Waals surface area contributed by atoms with Crippen LogP contribution in [0.4, 0.5) is 9.18 Å². The maximum atomic E-state index is 13.8. The number of amides is 2. The maximum absolute atomic E-state index is 13.8. The van der Waals surface area contributed by atoms with E-state index >= 15 is 0 Å². The molecule has 40 heavy (non-hydrogen) atoms. The van der Waals surface area contributed by atoms with Crippen molar-refractivity contribution < 1.29 is 18.7 Å². The molecule has 2 aliphatic heterocycles. The SMILES string of the molecule is CC(C)(C)OC(=O)N1CCC(CC(=O)N2CCN(C(c3ccccc3)c3ccc(F)cc3)CC2C(C)(C)C)CC1. The molecule has 2 saturated heterocycles. The van der Waals surface area contributed by atoms with Crippen molar-refractivity contribution >= 4 is 12.0 Å². The molecule has 0 aliphatic carbocycles. The average molecular weight is 552 g/mol. The Morgan fingerprint density at radius 1 is 0.875 bits per heavy atom. The maximum Gasteiger partial charge on any atom is 0.410 e. The van der Waals surface area contributed by atoms with Gasteiger partial charge in [-0.2, -0.15) is 0 Å². The molecule has 2 atom stereocenters. The zero-order valence-electron chi connectivity index (χ0n) is 25.0. The van der Waals surface area contributed by atoms with Gasteiger partial charge in [-0.25, -0.2) is 9.18 Å². The summed E-state index contributed by atoms with van der Waals surface area (Å²) in [6.07, 6.45) is 1.86. The fourth-order valence-corrected chi connectivity index (χ4v) is 5.98. The zero-order valence-corrected chi connectivity index (χ0v) is 25.0. The fourth-order valence-electron chi connectivity index (χ4n) is 5.98. The van der Waals surface area contributed by atoms with Crippen molar-refractivity contribution in [2.24, 2.45) is 11.3 Å². The molecule has 218 valence electrons. The molecule has 0 spiro atoms. The number of carbonyl (C=O) groups excluding carboxylic acids is 2. The van der Waals surface area contributed by atoms with Crippen molar-refractivity contribution in [3.63, 3.8) is 0 Å². The molecule has 2 aromatic rings. The smallest absolute Gasteiger partial charge is 0.410 e. The first-order valence-corrected chi connectivity index (χ1v) is 14.6. The molecular weight excluding hydrogens is 505 g/mol. The second kappa shape index (κ2) is 12.3. The zero-order chi connectivity index (χ0) is 29.1. The minimum atomic E-state index is -0.510. The highest BCUT2D eigenvalue weighted by molar-refractivity contribution is 5.77. The summed E-state index contributed by atoms with van der Waals surface area (Å²) in [4.78, 5) is 32.5. The monoisotopic (exact) mass is 551 g/mol. The Labute approximate surface area is 239 Å². The molecule has 0 aromatic heterocycles. The Hall–Kier alpha value is -2.93. The molecule has 2 fully saturated rings. The molecule has 0 N–H and O–H groups in total. The number of piperazine rings is 1. The summed E-state index contributed by atoms with van der Waals surface area (Å²) in [6, 6.07) is 17.2. The van der Waals surface area contributed by atoms with Gasteiger partial charge in [0.15, 0.2) is 0 Å². The predicted octanol–water partition coefficient (Wildman–Crippen LogP) is 6.51. The average Bonchev–Trinajstić information content (AvgIpc) is 2.89. The van der Waals surface area contributed by atoms with Crippen LogP contribution in [0, 0.1) is 17.2 Å². The van der Waals surface area contributed by atoms with Gasteiger partial charge in [0, 0.05) is 45.2 Å². The largest absolute Gasteiger partial charge is 0.444 e. The number of benzene rings is 2. The van der Waals surface area contributed by atoms with E-state index in [0.29, 0.717) is 26.1 Å². The summed E-state index contributed by atoms with van der Waals surface area (Å²) in [5.41, 5.74) is 1.60. The van der Waals surface area contributed by atoms with Crippen molar-refractivity contribution in [3.05, 3.63) is 71.5 Å². The lowest BCUT2D eigenvalue weighted by molar-refractivity contribution is -0.141. The second-order valence-corrected chi connectivity index (χ2v) is 13.4. The van der Waals surface area contributed by atoms with Crippen LogP contribution in [0.5, 0.6) is 0 Å². The van der Waals surface area contributed by atoms with Crippen LogP contribution in [-0.2, 0) is 9.53 Å². The lowest BCUT2D eigenvalue weighted by Crippen LogP contribution is -2.60. The van der Waals surface area contributed by atoms with Gasteiger partial charge in [-0.3, -0.25) is 9.69 Å². The number of nitrogens with zero attached hydrogens (tertiary/aromatic N) is 3.